The Labute approximate surface area is 286 Å². The van der Waals surface area contributed by atoms with Gasteiger partial charge in [0.05, 0.1) is 35.3 Å². The quantitative estimate of drug-likeness (QED) is 0.287. The first-order chi connectivity index (χ1) is 23.2. The van der Waals surface area contributed by atoms with E-state index in [1.54, 1.807) is 32.9 Å². The van der Waals surface area contributed by atoms with Gasteiger partial charge in [-0.3, -0.25) is 4.79 Å². The zero-order valence-electron chi connectivity index (χ0n) is 28.7. The molecule has 1 aliphatic rings. The fraction of sp³-hybridized carbons (Fsp3) is 0.500. The molecule has 0 aliphatic carbocycles. The van der Waals surface area contributed by atoms with E-state index in [-0.39, 0.29) is 36.3 Å². The van der Waals surface area contributed by atoms with Crippen molar-refractivity contribution in [1.82, 2.24) is 14.4 Å². The van der Waals surface area contributed by atoms with Crippen LogP contribution in [0.2, 0.25) is 0 Å². The van der Waals surface area contributed by atoms with E-state index >= 15 is 0 Å². The molecule has 1 aromatic heterocycles. The number of urea groups is 1. The van der Waals surface area contributed by atoms with Gasteiger partial charge in [-0.1, -0.05) is 12.1 Å². The van der Waals surface area contributed by atoms with Crippen LogP contribution in [0.25, 0.3) is 0 Å². The molecular weight excluding hydrogens is 657 g/mol. The zero-order chi connectivity index (χ0) is 35.9. The molecule has 268 valence electrons. The molecule has 3 N–H and O–H groups in total. The first kappa shape index (κ1) is 37.8. The summed E-state index contributed by atoms with van der Waals surface area (Å²) in [5.41, 5.74) is 1.46. The van der Waals surface area contributed by atoms with Gasteiger partial charge in [0.15, 0.2) is 5.76 Å². The standard InChI is InChI=1S/C34H46FN5O8S/c1-21-18-40(22(2)20-41)33(42)29-17-27(36-34(43)37-32-24(4)38-48-25(32)5)12-15-30(29)47-23(3)9-7-8-16-46-31(21)19-39(6)49(44,45)28-13-10-26(35)11-14-28/h10-15,17,21-23,31,41H,7-9,16,18-20H2,1-6H3,(H2,36,37,43). The van der Waals surface area contributed by atoms with Crippen molar-refractivity contribution >= 4 is 33.3 Å². The second-order valence-corrected chi connectivity index (χ2v) is 14.6. The highest BCUT2D eigenvalue weighted by molar-refractivity contribution is 7.89. The summed E-state index contributed by atoms with van der Waals surface area (Å²) >= 11 is 0. The molecule has 0 bridgehead atoms. The smallest absolute Gasteiger partial charge is 0.323 e. The average Bonchev–Trinajstić information content (AvgIpc) is 3.38. The number of aromatic nitrogens is 1. The van der Waals surface area contributed by atoms with Gasteiger partial charge in [-0.2, -0.15) is 4.31 Å². The van der Waals surface area contributed by atoms with Gasteiger partial charge in [0.2, 0.25) is 10.0 Å². The minimum atomic E-state index is -3.97. The van der Waals surface area contributed by atoms with Crippen LogP contribution in [-0.4, -0.2) is 91.4 Å². The van der Waals surface area contributed by atoms with E-state index in [4.69, 9.17) is 14.0 Å². The molecule has 4 atom stereocenters. The Kier molecular flexibility index (Phi) is 12.8. The monoisotopic (exact) mass is 703 g/mol. The number of likely N-dealkylation sites (N-methyl/N-ethyl adjacent to an activating group) is 1. The molecule has 0 saturated heterocycles. The molecule has 4 rings (SSSR count). The summed E-state index contributed by atoms with van der Waals surface area (Å²) in [6.07, 6.45) is 1.22. The van der Waals surface area contributed by atoms with Crippen molar-refractivity contribution < 1.29 is 41.5 Å². The third-order valence-corrected chi connectivity index (χ3v) is 10.4. The molecule has 1 aliphatic heterocycles. The van der Waals surface area contributed by atoms with Gasteiger partial charge in [-0.25, -0.2) is 17.6 Å². The lowest BCUT2D eigenvalue weighted by Crippen LogP contribution is -2.48. The summed E-state index contributed by atoms with van der Waals surface area (Å²) in [6.45, 7) is 8.94. The van der Waals surface area contributed by atoms with Crippen LogP contribution >= 0.6 is 0 Å². The molecule has 0 fully saturated rings. The van der Waals surface area contributed by atoms with E-state index in [2.05, 4.69) is 15.8 Å². The van der Waals surface area contributed by atoms with Gasteiger partial charge >= 0.3 is 6.03 Å². The number of halogens is 1. The van der Waals surface area contributed by atoms with Gasteiger partial charge in [0.1, 0.15) is 22.9 Å². The number of hydrogen-bond acceptors (Lipinski definition) is 9. The second kappa shape index (κ2) is 16.6. The van der Waals surface area contributed by atoms with E-state index < -0.39 is 45.8 Å². The van der Waals surface area contributed by atoms with Gasteiger partial charge in [0.25, 0.3) is 5.91 Å². The van der Waals surface area contributed by atoms with Gasteiger partial charge in [-0.15, -0.1) is 0 Å². The predicted molar refractivity (Wildman–Crippen MR) is 182 cm³/mol. The van der Waals surface area contributed by atoms with Crippen LogP contribution < -0.4 is 15.4 Å². The number of carbonyl (C=O) groups is 2. The first-order valence-corrected chi connectivity index (χ1v) is 17.7. The molecule has 2 aromatic carbocycles. The molecule has 3 aromatic rings. The number of aryl methyl sites for hydroxylation is 2. The topological polar surface area (TPSA) is 164 Å². The Bertz CT molecular complexity index is 1680. The van der Waals surface area contributed by atoms with E-state index in [0.717, 1.165) is 18.6 Å². The molecule has 0 spiro atoms. The van der Waals surface area contributed by atoms with Crippen LogP contribution in [0.4, 0.5) is 20.6 Å². The fourth-order valence-electron chi connectivity index (χ4n) is 5.54. The number of sulfonamides is 1. The van der Waals surface area contributed by atoms with Crippen LogP contribution in [0.15, 0.2) is 51.9 Å². The molecule has 3 amide bonds. The molecule has 4 unspecified atom stereocenters. The summed E-state index contributed by atoms with van der Waals surface area (Å²) < 4.78 is 59.0. The largest absolute Gasteiger partial charge is 0.490 e. The van der Waals surface area contributed by atoms with E-state index in [1.807, 2.05) is 13.8 Å². The third-order valence-electron chi connectivity index (χ3n) is 8.54. The minimum absolute atomic E-state index is 0.0270. The maximum absolute atomic E-state index is 14.4. The highest BCUT2D eigenvalue weighted by Crippen LogP contribution is 2.29. The number of anilines is 2. The lowest BCUT2D eigenvalue weighted by Gasteiger charge is -2.35. The Morgan fingerprint density at radius 1 is 1.14 bits per heavy atom. The van der Waals surface area contributed by atoms with Crippen molar-refractivity contribution in [1.29, 1.82) is 0 Å². The number of amides is 3. The van der Waals surface area contributed by atoms with Crippen LogP contribution in [-0.2, 0) is 14.8 Å². The highest BCUT2D eigenvalue weighted by Gasteiger charge is 2.32. The molecular formula is C34H46FN5O8S. The van der Waals surface area contributed by atoms with Crippen molar-refractivity contribution in [3.63, 3.8) is 0 Å². The van der Waals surface area contributed by atoms with Crippen molar-refractivity contribution in [3.05, 3.63) is 65.3 Å². The van der Waals surface area contributed by atoms with Gasteiger partial charge in [-0.05, 0) is 89.4 Å². The number of ether oxygens (including phenoxy) is 2. The van der Waals surface area contributed by atoms with Crippen molar-refractivity contribution in [3.8, 4) is 5.75 Å². The van der Waals surface area contributed by atoms with E-state index in [1.165, 1.54) is 34.5 Å². The molecule has 49 heavy (non-hydrogen) atoms. The van der Waals surface area contributed by atoms with Crippen LogP contribution in [0.3, 0.4) is 0 Å². The predicted octanol–water partition coefficient (Wildman–Crippen LogP) is 5.19. The Balaban J connectivity index is 1.63. The Morgan fingerprint density at radius 2 is 1.86 bits per heavy atom. The second-order valence-electron chi connectivity index (χ2n) is 12.5. The number of nitrogens with one attached hydrogen (secondary N) is 2. The van der Waals surface area contributed by atoms with Crippen molar-refractivity contribution in [2.45, 2.75) is 77.0 Å². The minimum Gasteiger partial charge on any atom is -0.490 e. The summed E-state index contributed by atoms with van der Waals surface area (Å²) in [4.78, 5) is 28.7. The van der Waals surface area contributed by atoms with Gasteiger partial charge < -0.3 is 34.6 Å². The van der Waals surface area contributed by atoms with E-state index in [0.29, 0.717) is 48.0 Å². The number of hydrogen-bond donors (Lipinski definition) is 3. The third kappa shape index (κ3) is 9.56. The van der Waals surface area contributed by atoms with Crippen LogP contribution in [0.5, 0.6) is 5.75 Å². The fourth-order valence-corrected chi connectivity index (χ4v) is 6.72. The SMILES string of the molecule is Cc1noc(C)c1NC(=O)Nc1ccc2c(c1)C(=O)N(C(C)CO)CC(C)C(CN(C)S(=O)(=O)c1ccc(F)cc1)OCCCCC(C)O2. The van der Waals surface area contributed by atoms with Gasteiger partial charge in [0, 0.05) is 38.3 Å². The number of benzene rings is 2. The molecule has 2 heterocycles. The summed E-state index contributed by atoms with van der Waals surface area (Å²) in [7, 11) is -2.53. The normalized spacial score (nSPS) is 20.2. The molecule has 15 heteroatoms. The summed E-state index contributed by atoms with van der Waals surface area (Å²) in [5.74, 6) is -0.617. The molecule has 13 nitrogen and oxygen atoms in total. The first-order valence-electron chi connectivity index (χ1n) is 16.3. The lowest BCUT2D eigenvalue weighted by molar-refractivity contribution is -0.00834. The highest BCUT2D eigenvalue weighted by atomic mass is 32.2. The van der Waals surface area contributed by atoms with E-state index in [9.17, 15) is 27.5 Å². The Morgan fingerprint density at radius 3 is 2.51 bits per heavy atom. The number of fused-ring (bicyclic) bond motifs is 1. The zero-order valence-corrected chi connectivity index (χ0v) is 29.5. The number of aliphatic hydroxyl groups excluding tert-OH is 1. The molecule has 0 radical (unpaired) electrons. The maximum atomic E-state index is 14.4. The van der Waals surface area contributed by atoms with Crippen LogP contribution in [0, 0.1) is 25.6 Å². The average molecular weight is 704 g/mol. The summed E-state index contributed by atoms with van der Waals surface area (Å²) in [6, 6.07) is 8.22. The summed E-state index contributed by atoms with van der Waals surface area (Å²) in [5, 5.41) is 19.5. The number of nitrogens with zero attached hydrogens (tertiary/aromatic N) is 3. The number of carbonyl (C=O) groups excluding carboxylic acids is 2. The number of rotatable bonds is 8. The maximum Gasteiger partial charge on any atom is 0.323 e. The lowest BCUT2D eigenvalue weighted by atomic mass is 10.0. The number of aliphatic hydroxyl groups is 1. The Hall–Kier alpha value is -4.05. The molecule has 0 saturated carbocycles. The van der Waals surface area contributed by atoms with Crippen molar-refractivity contribution in [2.24, 2.45) is 5.92 Å². The van der Waals surface area contributed by atoms with Crippen LogP contribution in [0.1, 0.15) is 61.8 Å². The van der Waals surface area contributed by atoms with Crippen molar-refractivity contribution in [2.75, 3.05) is 44.0 Å².